The predicted molar refractivity (Wildman–Crippen MR) is 46.0 cm³/mol. The van der Waals surface area contributed by atoms with E-state index in [4.69, 9.17) is 0 Å². The van der Waals surface area contributed by atoms with Crippen molar-refractivity contribution in [1.82, 2.24) is 10.4 Å². The van der Waals surface area contributed by atoms with Gasteiger partial charge >= 0.3 is 0 Å². The SMILES string of the molecule is CC(=O)NN1C(O)C(C)C(C)C1O. The number of aliphatic hydroxyl groups is 2. The summed E-state index contributed by atoms with van der Waals surface area (Å²) in [6, 6.07) is 0. The summed E-state index contributed by atoms with van der Waals surface area (Å²) in [5, 5.41) is 20.4. The first-order valence-electron chi connectivity index (χ1n) is 4.37. The molecule has 0 spiro atoms. The first-order valence-corrected chi connectivity index (χ1v) is 4.37. The standard InChI is InChI=1S/C8H16N2O3/c1-4-5(2)8(13)10(7(4)12)9-6(3)11/h4-5,7-8,12-13H,1-3H3,(H,9,11). The average Bonchev–Trinajstić information content (AvgIpc) is 2.22. The van der Waals surface area contributed by atoms with Gasteiger partial charge in [-0.25, -0.2) is 0 Å². The first kappa shape index (κ1) is 10.4. The van der Waals surface area contributed by atoms with Gasteiger partial charge in [0.15, 0.2) is 0 Å². The van der Waals surface area contributed by atoms with Crippen LogP contribution in [0, 0.1) is 11.8 Å². The molecule has 76 valence electrons. The summed E-state index contributed by atoms with van der Waals surface area (Å²) in [5.74, 6) is -0.400. The lowest BCUT2D eigenvalue weighted by molar-refractivity contribution is -0.141. The fraction of sp³-hybridized carbons (Fsp3) is 0.875. The minimum atomic E-state index is -0.811. The van der Waals surface area contributed by atoms with Crippen molar-refractivity contribution in [1.29, 1.82) is 0 Å². The summed E-state index contributed by atoms with van der Waals surface area (Å²) in [7, 11) is 0. The molecule has 0 aliphatic carbocycles. The van der Waals surface area contributed by atoms with Gasteiger partial charge < -0.3 is 10.2 Å². The van der Waals surface area contributed by atoms with E-state index in [1.54, 1.807) is 0 Å². The second-order valence-corrected chi connectivity index (χ2v) is 3.62. The maximum atomic E-state index is 10.7. The number of nitrogens with one attached hydrogen (secondary N) is 1. The highest BCUT2D eigenvalue weighted by molar-refractivity contribution is 5.72. The summed E-state index contributed by atoms with van der Waals surface area (Å²) in [5.41, 5.74) is 2.40. The predicted octanol–water partition coefficient (Wildman–Crippen LogP) is -0.738. The molecule has 4 atom stereocenters. The minimum Gasteiger partial charge on any atom is -0.376 e. The van der Waals surface area contributed by atoms with Crippen molar-refractivity contribution in [3.8, 4) is 0 Å². The van der Waals surface area contributed by atoms with Gasteiger partial charge in [-0.1, -0.05) is 13.8 Å². The average molecular weight is 188 g/mol. The molecular weight excluding hydrogens is 172 g/mol. The fourth-order valence-corrected chi connectivity index (χ4v) is 1.52. The van der Waals surface area contributed by atoms with Gasteiger partial charge in [0.25, 0.3) is 0 Å². The molecule has 0 bridgehead atoms. The lowest BCUT2D eigenvalue weighted by atomic mass is 9.98. The Hall–Kier alpha value is -0.650. The molecule has 5 heteroatoms. The Balaban J connectivity index is 2.69. The van der Waals surface area contributed by atoms with E-state index in [-0.39, 0.29) is 17.7 Å². The van der Waals surface area contributed by atoms with Crippen molar-refractivity contribution in [2.45, 2.75) is 33.2 Å². The summed E-state index contributed by atoms with van der Waals surface area (Å²) in [4.78, 5) is 10.7. The molecule has 0 aromatic heterocycles. The zero-order valence-corrected chi connectivity index (χ0v) is 8.06. The highest BCUT2D eigenvalue weighted by atomic mass is 16.3. The molecule has 1 fully saturated rings. The molecule has 1 aliphatic rings. The van der Waals surface area contributed by atoms with Crippen molar-refractivity contribution in [2.24, 2.45) is 11.8 Å². The molecule has 1 amide bonds. The quantitative estimate of drug-likeness (QED) is 0.507. The topological polar surface area (TPSA) is 72.8 Å². The van der Waals surface area contributed by atoms with Crippen LogP contribution in [0.3, 0.4) is 0 Å². The number of carbonyl (C=O) groups is 1. The van der Waals surface area contributed by atoms with Crippen LogP contribution in [0.4, 0.5) is 0 Å². The number of nitrogens with zero attached hydrogens (tertiary/aromatic N) is 1. The molecule has 0 aromatic rings. The van der Waals surface area contributed by atoms with Crippen LogP contribution in [0.5, 0.6) is 0 Å². The summed E-state index contributed by atoms with van der Waals surface area (Å²) < 4.78 is 0. The number of amides is 1. The third-order valence-corrected chi connectivity index (χ3v) is 2.63. The van der Waals surface area contributed by atoms with Crippen molar-refractivity contribution < 1.29 is 15.0 Å². The number of carbonyl (C=O) groups excluding carboxylic acids is 1. The maximum absolute atomic E-state index is 10.7. The van der Waals surface area contributed by atoms with E-state index in [2.05, 4.69) is 5.43 Å². The zero-order valence-electron chi connectivity index (χ0n) is 8.06. The minimum absolute atomic E-state index is 0.0538. The third-order valence-electron chi connectivity index (χ3n) is 2.63. The maximum Gasteiger partial charge on any atom is 0.231 e. The largest absolute Gasteiger partial charge is 0.376 e. The van der Waals surface area contributed by atoms with E-state index in [9.17, 15) is 15.0 Å². The van der Waals surface area contributed by atoms with E-state index >= 15 is 0 Å². The van der Waals surface area contributed by atoms with Crippen LogP contribution >= 0.6 is 0 Å². The molecule has 13 heavy (non-hydrogen) atoms. The Morgan fingerprint density at radius 3 is 1.92 bits per heavy atom. The molecule has 5 nitrogen and oxygen atoms in total. The lowest BCUT2D eigenvalue weighted by Gasteiger charge is -2.24. The fourth-order valence-electron chi connectivity index (χ4n) is 1.52. The molecule has 0 aromatic carbocycles. The van der Waals surface area contributed by atoms with Gasteiger partial charge in [-0.2, -0.15) is 5.01 Å². The molecule has 1 aliphatic heterocycles. The summed E-state index contributed by atoms with van der Waals surface area (Å²) in [6.45, 7) is 5.01. The summed E-state index contributed by atoms with van der Waals surface area (Å²) >= 11 is 0. The molecule has 0 radical (unpaired) electrons. The van der Waals surface area contributed by atoms with Crippen molar-refractivity contribution in [2.75, 3.05) is 0 Å². The van der Waals surface area contributed by atoms with Crippen molar-refractivity contribution >= 4 is 5.91 Å². The third kappa shape index (κ3) is 1.82. The smallest absolute Gasteiger partial charge is 0.231 e. The van der Waals surface area contributed by atoms with Gasteiger partial charge in [-0.15, -0.1) is 0 Å². The Labute approximate surface area is 77.3 Å². The molecule has 0 saturated carbocycles. The Morgan fingerprint density at radius 2 is 1.62 bits per heavy atom. The Morgan fingerprint density at radius 1 is 1.23 bits per heavy atom. The van der Waals surface area contributed by atoms with E-state index in [1.807, 2.05) is 13.8 Å². The molecule has 1 saturated heterocycles. The van der Waals surface area contributed by atoms with Crippen LogP contribution in [0.1, 0.15) is 20.8 Å². The highest BCUT2D eigenvalue weighted by Gasteiger charge is 2.43. The van der Waals surface area contributed by atoms with E-state index in [0.717, 1.165) is 0 Å². The number of hydrogen-bond acceptors (Lipinski definition) is 4. The molecule has 1 heterocycles. The van der Waals surface area contributed by atoms with E-state index in [0.29, 0.717) is 0 Å². The Bertz CT molecular complexity index is 196. The van der Waals surface area contributed by atoms with Gasteiger partial charge in [0.1, 0.15) is 12.5 Å². The van der Waals surface area contributed by atoms with Gasteiger partial charge in [0.05, 0.1) is 0 Å². The summed E-state index contributed by atoms with van der Waals surface area (Å²) in [6.07, 6.45) is -1.62. The van der Waals surface area contributed by atoms with Crippen LogP contribution in [0.2, 0.25) is 0 Å². The highest BCUT2D eigenvalue weighted by Crippen LogP contribution is 2.30. The second-order valence-electron chi connectivity index (χ2n) is 3.62. The Kier molecular flexibility index (Phi) is 2.90. The molecule has 3 N–H and O–H groups in total. The number of rotatable bonds is 1. The van der Waals surface area contributed by atoms with Gasteiger partial charge in [0, 0.05) is 18.8 Å². The number of hydrazine groups is 1. The van der Waals surface area contributed by atoms with Crippen LogP contribution in [0.25, 0.3) is 0 Å². The molecular formula is C8H16N2O3. The molecule has 4 unspecified atom stereocenters. The number of aliphatic hydroxyl groups excluding tert-OH is 2. The van der Waals surface area contributed by atoms with E-state index in [1.165, 1.54) is 11.9 Å². The van der Waals surface area contributed by atoms with Crippen molar-refractivity contribution in [3.05, 3.63) is 0 Å². The van der Waals surface area contributed by atoms with E-state index < -0.39 is 12.5 Å². The molecule has 1 rings (SSSR count). The van der Waals surface area contributed by atoms with Crippen LogP contribution < -0.4 is 5.43 Å². The van der Waals surface area contributed by atoms with Gasteiger partial charge in [0.2, 0.25) is 5.91 Å². The van der Waals surface area contributed by atoms with Gasteiger partial charge in [-0.3, -0.25) is 10.2 Å². The lowest BCUT2D eigenvalue weighted by Crippen LogP contribution is -2.49. The monoisotopic (exact) mass is 188 g/mol. The van der Waals surface area contributed by atoms with Crippen LogP contribution in [-0.4, -0.2) is 33.6 Å². The zero-order chi connectivity index (χ0) is 10.2. The number of hydrogen-bond donors (Lipinski definition) is 3. The second kappa shape index (κ2) is 3.61. The van der Waals surface area contributed by atoms with Crippen LogP contribution in [-0.2, 0) is 4.79 Å². The van der Waals surface area contributed by atoms with Crippen molar-refractivity contribution in [3.63, 3.8) is 0 Å². The van der Waals surface area contributed by atoms with Gasteiger partial charge in [-0.05, 0) is 0 Å². The normalized spacial score (nSPS) is 40.7. The first-order chi connectivity index (χ1) is 5.95. The van der Waals surface area contributed by atoms with Crippen LogP contribution in [0.15, 0.2) is 0 Å².